The van der Waals surface area contributed by atoms with Crippen LogP contribution in [0.25, 0.3) is 5.65 Å². The number of amides is 1. The largest absolute Gasteiger partial charge is 0.356 e. The number of hydrogen-bond donors (Lipinski definition) is 2. The van der Waals surface area contributed by atoms with Gasteiger partial charge in [-0.05, 0) is 48.5 Å². The minimum atomic E-state index is -0.229. The highest BCUT2D eigenvalue weighted by atomic mass is 16.1. The third kappa shape index (κ3) is 3.35. The van der Waals surface area contributed by atoms with Crippen LogP contribution >= 0.6 is 0 Å². The highest BCUT2D eigenvalue weighted by Crippen LogP contribution is 2.19. The van der Waals surface area contributed by atoms with Crippen LogP contribution in [0.5, 0.6) is 0 Å². The van der Waals surface area contributed by atoms with Gasteiger partial charge >= 0.3 is 0 Å². The second-order valence-corrected chi connectivity index (χ2v) is 5.61. The van der Waals surface area contributed by atoms with Crippen molar-refractivity contribution >= 4 is 28.6 Å². The molecule has 1 amide bonds. The van der Waals surface area contributed by atoms with Crippen LogP contribution in [0.3, 0.4) is 0 Å². The first-order valence-electron chi connectivity index (χ1n) is 7.95. The predicted molar refractivity (Wildman–Crippen MR) is 99.3 cm³/mol. The van der Waals surface area contributed by atoms with E-state index in [-0.39, 0.29) is 5.91 Å². The molecule has 0 aliphatic carbocycles. The molecule has 4 rings (SSSR count). The SMILES string of the molecule is O=C(Nc1ccc(Nc2ccccc2)cc1)c1cn2ccccc2n1. The maximum absolute atomic E-state index is 12.4. The minimum absolute atomic E-state index is 0.229. The van der Waals surface area contributed by atoms with Crippen molar-refractivity contribution in [1.29, 1.82) is 0 Å². The lowest BCUT2D eigenvalue weighted by molar-refractivity contribution is 0.102. The van der Waals surface area contributed by atoms with Crippen molar-refractivity contribution in [2.45, 2.75) is 0 Å². The quantitative estimate of drug-likeness (QED) is 0.586. The Hall–Kier alpha value is -3.60. The lowest BCUT2D eigenvalue weighted by Gasteiger charge is -2.08. The standard InChI is InChI=1S/C20H16N4O/c25-20(18-14-24-13-5-4-8-19(24)23-18)22-17-11-9-16(10-12-17)21-15-6-2-1-3-7-15/h1-14,21H,(H,22,25). The maximum atomic E-state index is 12.4. The number of pyridine rings is 1. The first-order chi connectivity index (χ1) is 12.3. The maximum Gasteiger partial charge on any atom is 0.275 e. The second kappa shape index (κ2) is 6.49. The summed E-state index contributed by atoms with van der Waals surface area (Å²) in [6.45, 7) is 0. The van der Waals surface area contributed by atoms with Crippen LogP contribution in [0.1, 0.15) is 10.5 Å². The highest BCUT2D eigenvalue weighted by molar-refractivity contribution is 6.03. The molecular weight excluding hydrogens is 312 g/mol. The van der Waals surface area contributed by atoms with Gasteiger partial charge in [0.05, 0.1) is 0 Å². The minimum Gasteiger partial charge on any atom is -0.356 e. The molecule has 2 heterocycles. The molecule has 4 aromatic rings. The molecule has 5 nitrogen and oxygen atoms in total. The summed E-state index contributed by atoms with van der Waals surface area (Å²) in [6.07, 6.45) is 3.58. The summed E-state index contributed by atoms with van der Waals surface area (Å²) in [5.41, 5.74) is 3.83. The van der Waals surface area contributed by atoms with Crippen molar-refractivity contribution in [3.63, 3.8) is 0 Å². The molecule has 2 aromatic heterocycles. The molecular formula is C20H16N4O. The molecule has 0 saturated heterocycles. The molecule has 0 fully saturated rings. The van der Waals surface area contributed by atoms with Gasteiger partial charge in [0.25, 0.3) is 5.91 Å². The Kier molecular flexibility index (Phi) is 3.88. The Morgan fingerprint density at radius 2 is 1.48 bits per heavy atom. The average molecular weight is 328 g/mol. The number of anilines is 3. The van der Waals surface area contributed by atoms with Crippen molar-refractivity contribution in [2.24, 2.45) is 0 Å². The molecule has 5 heteroatoms. The van der Waals surface area contributed by atoms with Crippen LogP contribution in [-0.4, -0.2) is 15.3 Å². The number of imidazole rings is 1. The topological polar surface area (TPSA) is 58.4 Å². The van der Waals surface area contributed by atoms with Gasteiger partial charge in [-0.25, -0.2) is 4.98 Å². The van der Waals surface area contributed by atoms with E-state index in [0.717, 1.165) is 22.7 Å². The zero-order valence-corrected chi connectivity index (χ0v) is 13.4. The Bertz CT molecular complexity index is 974. The van der Waals surface area contributed by atoms with Crippen molar-refractivity contribution in [3.8, 4) is 0 Å². The van der Waals surface area contributed by atoms with E-state index in [0.29, 0.717) is 5.69 Å². The molecule has 0 aliphatic heterocycles. The van der Waals surface area contributed by atoms with Crippen LogP contribution in [0.4, 0.5) is 17.1 Å². The summed E-state index contributed by atoms with van der Waals surface area (Å²) < 4.78 is 1.82. The molecule has 0 saturated carbocycles. The van der Waals surface area contributed by atoms with E-state index in [1.807, 2.05) is 83.4 Å². The predicted octanol–water partition coefficient (Wildman–Crippen LogP) is 4.33. The highest BCUT2D eigenvalue weighted by Gasteiger charge is 2.10. The molecule has 0 unspecified atom stereocenters. The first-order valence-corrected chi connectivity index (χ1v) is 7.95. The van der Waals surface area contributed by atoms with Gasteiger partial charge in [-0.2, -0.15) is 0 Å². The molecule has 0 spiro atoms. The van der Waals surface area contributed by atoms with E-state index in [2.05, 4.69) is 15.6 Å². The van der Waals surface area contributed by atoms with Gasteiger partial charge in [-0.3, -0.25) is 4.79 Å². The number of fused-ring (bicyclic) bond motifs is 1. The monoisotopic (exact) mass is 328 g/mol. The van der Waals surface area contributed by atoms with Crippen molar-refractivity contribution in [1.82, 2.24) is 9.38 Å². The van der Waals surface area contributed by atoms with Gasteiger partial charge in [0, 0.05) is 29.5 Å². The van der Waals surface area contributed by atoms with E-state index in [4.69, 9.17) is 0 Å². The molecule has 122 valence electrons. The number of rotatable bonds is 4. The summed E-state index contributed by atoms with van der Waals surface area (Å²) in [6, 6.07) is 23.1. The molecule has 0 atom stereocenters. The van der Waals surface area contributed by atoms with E-state index in [1.54, 1.807) is 6.20 Å². The van der Waals surface area contributed by atoms with E-state index in [9.17, 15) is 4.79 Å². The van der Waals surface area contributed by atoms with Gasteiger partial charge in [-0.15, -0.1) is 0 Å². The molecule has 0 bridgehead atoms. The fourth-order valence-electron chi connectivity index (χ4n) is 2.56. The summed E-state index contributed by atoms with van der Waals surface area (Å²) in [4.78, 5) is 16.7. The summed E-state index contributed by atoms with van der Waals surface area (Å²) in [5, 5.41) is 6.17. The van der Waals surface area contributed by atoms with Crippen LogP contribution in [0, 0.1) is 0 Å². The van der Waals surface area contributed by atoms with Crippen molar-refractivity contribution < 1.29 is 4.79 Å². The first kappa shape index (κ1) is 15.0. The van der Waals surface area contributed by atoms with Crippen LogP contribution < -0.4 is 10.6 Å². The fourth-order valence-corrected chi connectivity index (χ4v) is 2.56. The lowest BCUT2D eigenvalue weighted by atomic mass is 10.2. The third-order valence-electron chi connectivity index (χ3n) is 3.80. The molecule has 0 radical (unpaired) electrons. The van der Waals surface area contributed by atoms with Crippen molar-refractivity contribution in [2.75, 3.05) is 10.6 Å². The molecule has 2 N–H and O–H groups in total. The number of benzene rings is 2. The second-order valence-electron chi connectivity index (χ2n) is 5.61. The van der Waals surface area contributed by atoms with Crippen LogP contribution in [-0.2, 0) is 0 Å². The number of aromatic nitrogens is 2. The molecule has 2 aromatic carbocycles. The number of carbonyl (C=O) groups excluding carboxylic acids is 1. The Morgan fingerprint density at radius 3 is 2.24 bits per heavy atom. The van der Waals surface area contributed by atoms with Crippen LogP contribution in [0.2, 0.25) is 0 Å². The number of hydrogen-bond acceptors (Lipinski definition) is 3. The van der Waals surface area contributed by atoms with Crippen LogP contribution in [0.15, 0.2) is 85.2 Å². The lowest BCUT2D eigenvalue weighted by Crippen LogP contribution is -2.12. The van der Waals surface area contributed by atoms with E-state index in [1.165, 1.54) is 0 Å². The normalized spacial score (nSPS) is 10.6. The van der Waals surface area contributed by atoms with E-state index < -0.39 is 0 Å². The summed E-state index contributed by atoms with van der Waals surface area (Å²) in [7, 11) is 0. The van der Waals surface area contributed by atoms with E-state index >= 15 is 0 Å². The van der Waals surface area contributed by atoms with Crippen molar-refractivity contribution in [3.05, 3.63) is 90.9 Å². The van der Waals surface area contributed by atoms with Gasteiger partial charge in [0.15, 0.2) is 0 Å². The average Bonchev–Trinajstić information content (AvgIpc) is 3.09. The summed E-state index contributed by atoms with van der Waals surface area (Å²) >= 11 is 0. The zero-order valence-electron chi connectivity index (χ0n) is 13.4. The Labute approximate surface area is 145 Å². The number of para-hydroxylation sites is 1. The number of nitrogens with one attached hydrogen (secondary N) is 2. The van der Waals surface area contributed by atoms with Gasteiger partial charge in [0.1, 0.15) is 11.3 Å². The van der Waals surface area contributed by atoms with Gasteiger partial charge < -0.3 is 15.0 Å². The zero-order chi connectivity index (χ0) is 17.1. The third-order valence-corrected chi connectivity index (χ3v) is 3.80. The smallest absolute Gasteiger partial charge is 0.275 e. The Balaban J connectivity index is 1.46. The van der Waals surface area contributed by atoms with Gasteiger partial charge in [-0.1, -0.05) is 24.3 Å². The molecule has 0 aliphatic rings. The fraction of sp³-hybridized carbons (Fsp3) is 0. The molecule has 25 heavy (non-hydrogen) atoms. The number of carbonyl (C=O) groups is 1. The summed E-state index contributed by atoms with van der Waals surface area (Å²) in [5.74, 6) is -0.229. The van der Waals surface area contributed by atoms with Gasteiger partial charge in [0.2, 0.25) is 0 Å². The number of nitrogens with zero attached hydrogens (tertiary/aromatic N) is 2. The Morgan fingerprint density at radius 1 is 0.800 bits per heavy atom.